The molecule has 0 spiro atoms. The standard InChI is InChI=1S/C30H46O8/c1-16-27(33)23(35-4)13-25(37-16)38-19-7-9-28(2)18(12-19)5-6-21-26(28)22(31)14-29(3)20(8-10-30(21,29)34)17-11-24(32)36-15-17/h11,16,18-23,25-27,31,33-34H,5-10,12-15H2,1-4H3/t16-,18-,19+,20-,21-,22-,23+,25+,26?,27+,28+,29-,30+/m1/s1. The van der Waals surface area contributed by atoms with Crippen LogP contribution in [0.25, 0.3) is 0 Å². The molecule has 2 heterocycles. The molecular weight excluding hydrogens is 488 g/mol. The molecule has 4 aliphatic carbocycles. The lowest BCUT2D eigenvalue weighted by Crippen LogP contribution is -2.66. The van der Waals surface area contributed by atoms with E-state index in [-0.39, 0.29) is 53.7 Å². The summed E-state index contributed by atoms with van der Waals surface area (Å²) >= 11 is 0. The van der Waals surface area contributed by atoms with Crippen LogP contribution in [0.3, 0.4) is 0 Å². The van der Waals surface area contributed by atoms with Gasteiger partial charge in [0.05, 0.1) is 30.0 Å². The van der Waals surface area contributed by atoms with E-state index in [0.29, 0.717) is 31.8 Å². The van der Waals surface area contributed by atoms with Gasteiger partial charge in [0.1, 0.15) is 12.7 Å². The van der Waals surface area contributed by atoms with Gasteiger partial charge < -0.3 is 34.3 Å². The average Bonchev–Trinajstić information content (AvgIpc) is 3.41. The summed E-state index contributed by atoms with van der Waals surface area (Å²) in [7, 11) is 1.62. The zero-order valence-electron chi connectivity index (χ0n) is 23.3. The van der Waals surface area contributed by atoms with Crippen LogP contribution in [0, 0.1) is 34.5 Å². The molecule has 3 N–H and O–H groups in total. The average molecular weight is 535 g/mol. The Morgan fingerprint density at radius 3 is 2.58 bits per heavy atom. The van der Waals surface area contributed by atoms with Gasteiger partial charge in [-0.25, -0.2) is 4.79 Å². The van der Waals surface area contributed by atoms with Gasteiger partial charge in [0, 0.05) is 25.0 Å². The minimum absolute atomic E-state index is 0.0464. The number of carbonyl (C=O) groups is 1. The minimum atomic E-state index is -0.850. The van der Waals surface area contributed by atoms with E-state index >= 15 is 0 Å². The SMILES string of the molecule is CO[C@H]1C[C@H](O[C@H]2CC[C@]3(C)C4[C@H](O)C[C@]5(C)[C@@H](C6=CC(=O)OC6)CC[C@]5(O)[C@@H]4CC[C@@H]3C2)O[C@H](C)[C@@H]1O. The second-order valence-electron chi connectivity index (χ2n) is 13.7. The van der Waals surface area contributed by atoms with E-state index < -0.39 is 23.2 Å². The summed E-state index contributed by atoms with van der Waals surface area (Å²) < 4.78 is 23.1. The van der Waals surface area contributed by atoms with Crippen molar-refractivity contribution in [2.75, 3.05) is 13.7 Å². The van der Waals surface area contributed by atoms with Crippen LogP contribution < -0.4 is 0 Å². The lowest BCUT2D eigenvalue weighted by molar-refractivity contribution is -0.278. The molecule has 0 amide bonds. The normalized spacial score (nSPS) is 54.5. The predicted molar refractivity (Wildman–Crippen MR) is 138 cm³/mol. The van der Waals surface area contributed by atoms with E-state index in [1.54, 1.807) is 13.2 Å². The maximum Gasteiger partial charge on any atom is 0.331 e. The van der Waals surface area contributed by atoms with Crippen molar-refractivity contribution in [2.45, 2.75) is 121 Å². The molecule has 0 aromatic rings. The molecule has 0 aromatic heterocycles. The van der Waals surface area contributed by atoms with E-state index in [9.17, 15) is 20.1 Å². The smallest absolute Gasteiger partial charge is 0.331 e. The summed E-state index contributed by atoms with van der Waals surface area (Å²) in [4.78, 5) is 11.8. The van der Waals surface area contributed by atoms with Gasteiger partial charge in [0.2, 0.25) is 0 Å². The quantitative estimate of drug-likeness (QED) is 0.372. The van der Waals surface area contributed by atoms with E-state index in [1.807, 2.05) is 6.92 Å². The highest BCUT2D eigenvalue weighted by Crippen LogP contribution is 2.70. The molecule has 0 aromatic carbocycles. The Kier molecular flexibility index (Phi) is 6.80. The molecule has 8 nitrogen and oxygen atoms in total. The van der Waals surface area contributed by atoms with Crippen LogP contribution in [0.2, 0.25) is 0 Å². The molecular formula is C30H46O8. The summed E-state index contributed by atoms with van der Waals surface area (Å²) in [5.41, 5.74) is -0.389. The van der Waals surface area contributed by atoms with Crippen molar-refractivity contribution in [2.24, 2.45) is 34.5 Å². The Labute approximate surface area is 226 Å². The van der Waals surface area contributed by atoms with Crippen molar-refractivity contribution in [3.8, 4) is 0 Å². The van der Waals surface area contributed by atoms with Crippen molar-refractivity contribution in [3.05, 3.63) is 11.6 Å². The Bertz CT molecular complexity index is 968. The van der Waals surface area contributed by atoms with E-state index in [0.717, 1.165) is 44.1 Å². The van der Waals surface area contributed by atoms with Crippen molar-refractivity contribution in [1.82, 2.24) is 0 Å². The Balaban J connectivity index is 1.18. The number of methoxy groups -OCH3 is 1. The largest absolute Gasteiger partial charge is 0.458 e. The summed E-state index contributed by atoms with van der Waals surface area (Å²) in [6.45, 7) is 6.65. The van der Waals surface area contributed by atoms with Gasteiger partial charge >= 0.3 is 5.97 Å². The molecule has 4 saturated carbocycles. The van der Waals surface area contributed by atoms with Crippen LogP contribution in [0.1, 0.15) is 78.6 Å². The second kappa shape index (κ2) is 9.52. The van der Waals surface area contributed by atoms with Crippen LogP contribution >= 0.6 is 0 Å². The zero-order valence-corrected chi connectivity index (χ0v) is 23.3. The van der Waals surface area contributed by atoms with Crippen LogP contribution in [-0.2, 0) is 23.7 Å². The Hall–Kier alpha value is -1.03. The highest BCUT2D eigenvalue weighted by atomic mass is 16.7. The number of hydrogen-bond acceptors (Lipinski definition) is 8. The fourth-order valence-corrected chi connectivity index (χ4v) is 10.1. The lowest BCUT2D eigenvalue weighted by Gasteiger charge is -2.65. The number of aliphatic hydroxyl groups excluding tert-OH is 2. The molecule has 2 aliphatic heterocycles. The van der Waals surface area contributed by atoms with E-state index in [4.69, 9.17) is 18.9 Å². The molecule has 1 saturated heterocycles. The van der Waals surface area contributed by atoms with Gasteiger partial charge in [0.25, 0.3) is 0 Å². The lowest BCUT2D eigenvalue weighted by atomic mass is 9.42. The maximum absolute atomic E-state index is 12.4. The third-order valence-electron chi connectivity index (χ3n) is 12.2. The molecule has 6 aliphatic rings. The van der Waals surface area contributed by atoms with Gasteiger partial charge in [-0.05, 0) is 93.0 Å². The molecule has 0 radical (unpaired) electrons. The number of fused-ring (bicyclic) bond motifs is 5. The van der Waals surface area contributed by atoms with Crippen LogP contribution in [0.5, 0.6) is 0 Å². The van der Waals surface area contributed by atoms with Gasteiger partial charge in [-0.15, -0.1) is 0 Å². The third-order valence-corrected chi connectivity index (χ3v) is 12.2. The summed E-state index contributed by atoms with van der Waals surface area (Å²) in [5.74, 6) is 0.285. The predicted octanol–water partition coefficient (Wildman–Crippen LogP) is 3.11. The molecule has 8 heteroatoms. The fraction of sp³-hybridized carbons (Fsp3) is 0.900. The number of rotatable bonds is 4. The van der Waals surface area contributed by atoms with Crippen molar-refractivity contribution in [3.63, 3.8) is 0 Å². The number of aliphatic hydroxyl groups is 3. The van der Waals surface area contributed by atoms with Crippen molar-refractivity contribution >= 4 is 5.97 Å². The first kappa shape index (κ1) is 27.2. The van der Waals surface area contributed by atoms with Crippen LogP contribution in [0.15, 0.2) is 11.6 Å². The monoisotopic (exact) mass is 534 g/mol. The minimum Gasteiger partial charge on any atom is -0.458 e. The maximum atomic E-state index is 12.4. The van der Waals surface area contributed by atoms with Gasteiger partial charge in [-0.2, -0.15) is 0 Å². The van der Waals surface area contributed by atoms with Crippen molar-refractivity contribution in [1.29, 1.82) is 0 Å². The molecule has 38 heavy (non-hydrogen) atoms. The van der Waals surface area contributed by atoms with Gasteiger partial charge in [-0.3, -0.25) is 0 Å². The van der Waals surface area contributed by atoms with E-state index in [2.05, 4.69) is 13.8 Å². The van der Waals surface area contributed by atoms with Crippen LogP contribution in [0.4, 0.5) is 0 Å². The second-order valence-corrected chi connectivity index (χ2v) is 13.7. The number of carbonyl (C=O) groups excluding carboxylic acids is 1. The number of hydrogen-bond donors (Lipinski definition) is 3. The topological polar surface area (TPSA) is 115 Å². The number of cyclic esters (lactones) is 1. The first-order valence-electron chi connectivity index (χ1n) is 14.8. The first-order chi connectivity index (χ1) is 18.0. The Morgan fingerprint density at radius 2 is 1.87 bits per heavy atom. The molecule has 6 rings (SSSR count). The number of esters is 1. The summed E-state index contributed by atoms with van der Waals surface area (Å²) in [6, 6.07) is 0. The summed E-state index contributed by atoms with van der Waals surface area (Å²) in [5, 5.41) is 34.5. The molecule has 1 unspecified atom stereocenters. The van der Waals surface area contributed by atoms with Gasteiger partial charge in [0.15, 0.2) is 6.29 Å². The Morgan fingerprint density at radius 1 is 1.08 bits per heavy atom. The number of ether oxygens (including phenoxy) is 4. The molecule has 13 atom stereocenters. The summed E-state index contributed by atoms with van der Waals surface area (Å²) in [6.07, 6.45) is 6.83. The first-order valence-corrected chi connectivity index (χ1v) is 14.8. The highest BCUT2D eigenvalue weighted by Gasteiger charge is 2.70. The molecule has 214 valence electrons. The van der Waals surface area contributed by atoms with Crippen molar-refractivity contribution < 1.29 is 39.1 Å². The highest BCUT2D eigenvalue weighted by molar-refractivity contribution is 5.85. The third kappa shape index (κ3) is 3.96. The zero-order chi connectivity index (χ0) is 27.0. The van der Waals surface area contributed by atoms with E-state index in [1.165, 1.54) is 0 Å². The van der Waals surface area contributed by atoms with Gasteiger partial charge in [-0.1, -0.05) is 13.8 Å². The molecule has 5 fully saturated rings. The molecule has 0 bridgehead atoms. The fourth-order valence-electron chi connectivity index (χ4n) is 10.1. The van der Waals surface area contributed by atoms with Crippen LogP contribution in [-0.4, -0.2) is 77.4 Å².